The van der Waals surface area contributed by atoms with Crippen LogP contribution in [-0.2, 0) is 13.2 Å². The molecular formula is C19H20BrF2NO2. The van der Waals surface area contributed by atoms with Crippen LogP contribution in [0.1, 0.15) is 31.0 Å². The number of pyridine rings is 1. The zero-order valence-electron chi connectivity index (χ0n) is 14.2. The van der Waals surface area contributed by atoms with Gasteiger partial charge in [0.05, 0.1) is 0 Å². The lowest BCUT2D eigenvalue weighted by molar-refractivity contribution is 0.295. The molecule has 0 atom stereocenters. The Hall–Kier alpha value is -1.95. The molecule has 134 valence electrons. The van der Waals surface area contributed by atoms with Crippen molar-refractivity contribution in [3.05, 3.63) is 74.1 Å². The van der Waals surface area contributed by atoms with E-state index in [9.17, 15) is 13.6 Å². The first-order valence-electron chi connectivity index (χ1n) is 8.05. The molecule has 0 aliphatic carbocycles. The maximum absolute atomic E-state index is 13.7. The van der Waals surface area contributed by atoms with Gasteiger partial charge in [-0.15, -0.1) is 0 Å². The van der Waals surface area contributed by atoms with Gasteiger partial charge in [-0.1, -0.05) is 19.1 Å². The van der Waals surface area contributed by atoms with E-state index < -0.39 is 11.6 Å². The minimum atomic E-state index is -0.677. The lowest BCUT2D eigenvalue weighted by atomic mass is 10.2. The Morgan fingerprint density at radius 1 is 1.24 bits per heavy atom. The van der Waals surface area contributed by atoms with Crippen LogP contribution in [0.15, 0.2) is 45.7 Å². The van der Waals surface area contributed by atoms with Crippen LogP contribution in [0.5, 0.6) is 5.75 Å². The lowest BCUT2D eigenvalue weighted by Gasteiger charge is -2.14. The number of ether oxygens (including phenoxy) is 1. The van der Waals surface area contributed by atoms with Crippen molar-refractivity contribution in [3.8, 4) is 5.75 Å². The van der Waals surface area contributed by atoms with Crippen molar-refractivity contribution < 1.29 is 13.5 Å². The predicted molar refractivity (Wildman–Crippen MR) is 97.9 cm³/mol. The average Bonchev–Trinajstić information content (AvgIpc) is 2.57. The number of nitrogens with zero attached hydrogens (tertiary/aromatic N) is 1. The molecular weight excluding hydrogens is 392 g/mol. The standard InChI is InChI=1S/C19H20BrF2NO2/c1-3-4-5-6-9-23-13(2)10-17(18(20)19(23)24)25-12-14-7-8-15(21)11-16(14)22/h4-5,7-8,10-11H,3,6,9,12H2,1-2H3/b5-4-. The zero-order valence-corrected chi connectivity index (χ0v) is 15.8. The molecule has 0 fully saturated rings. The Labute approximate surface area is 154 Å². The van der Waals surface area contributed by atoms with Crippen LogP contribution in [-0.4, -0.2) is 4.57 Å². The predicted octanol–water partition coefficient (Wildman–Crippen LogP) is 5.13. The van der Waals surface area contributed by atoms with Gasteiger partial charge in [-0.25, -0.2) is 8.78 Å². The highest BCUT2D eigenvalue weighted by atomic mass is 79.9. The first kappa shape index (κ1) is 19.4. The molecule has 0 spiro atoms. The second-order valence-corrected chi connectivity index (χ2v) is 6.41. The number of rotatable bonds is 7. The molecule has 0 amide bonds. The minimum Gasteiger partial charge on any atom is -0.487 e. The normalized spacial score (nSPS) is 11.2. The Morgan fingerprint density at radius 2 is 2.00 bits per heavy atom. The second-order valence-electron chi connectivity index (χ2n) is 5.61. The minimum absolute atomic E-state index is 0.0904. The molecule has 0 unspecified atom stereocenters. The van der Waals surface area contributed by atoms with E-state index in [2.05, 4.69) is 28.9 Å². The zero-order chi connectivity index (χ0) is 18.4. The number of aromatic nitrogens is 1. The Bertz CT molecular complexity index is 831. The van der Waals surface area contributed by atoms with E-state index in [-0.39, 0.29) is 17.7 Å². The number of aryl methyl sites for hydroxylation is 1. The van der Waals surface area contributed by atoms with Crippen LogP contribution in [0.4, 0.5) is 8.78 Å². The summed E-state index contributed by atoms with van der Waals surface area (Å²) in [6, 6.07) is 5.04. The molecule has 0 N–H and O–H groups in total. The number of benzene rings is 1. The fourth-order valence-corrected chi connectivity index (χ4v) is 2.82. The van der Waals surface area contributed by atoms with Gasteiger partial charge in [0.1, 0.15) is 28.5 Å². The number of hydrogen-bond donors (Lipinski definition) is 0. The molecule has 0 aliphatic heterocycles. The van der Waals surface area contributed by atoms with E-state index in [1.807, 2.05) is 13.0 Å². The molecule has 0 aliphatic rings. The monoisotopic (exact) mass is 411 g/mol. The van der Waals surface area contributed by atoms with Crippen LogP contribution in [0.3, 0.4) is 0 Å². The number of hydrogen-bond acceptors (Lipinski definition) is 2. The molecule has 1 aromatic heterocycles. The highest BCUT2D eigenvalue weighted by Gasteiger charge is 2.13. The summed E-state index contributed by atoms with van der Waals surface area (Å²) in [6.45, 7) is 4.36. The third-order valence-corrected chi connectivity index (χ3v) is 4.46. The molecule has 25 heavy (non-hydrogen) atoms. The Morgan fingerprint density at radius 3 is 2.68 bits per heavy atom. The quantitative estimate of drug-likeness (QED) is 0.591. The van der Waals surface area contributed by atoms with Gasteiger partial charge in [-0.2, -0.15) is 0 Å². The highest BCUT2D eigenvalue weighted by molar-refractivity contribution is 9.10. The van der Waals surface area contributed by atoms with Crippen molar-refractivity contribution >= 4 is 15.9 Å². The lowest BCUT2D eigenvalue weighted by Crippen LogP contribution is -2.23. The second kappa shape index (κ2) is 8.94. The van der Waals surface area contributed by atoms with E-state index in [1.54, 1.807) is 10.6 Å². The molecule has 0 saturated heterocycles. The summed E-state index contributed by atoms with van der Waals surface area (Å²) >= 11 is 3.26. The molecule has 0 radical (unpaired) electrons. The van der Waals surface area contributed by atoms with Gasteiger partial charge in [0.15, 0.2) is 0 Å². The molecule has 3 nitrogen and oxygen atoms in total. The smallest absolute Gasteiger partial charge is 0.268 e. The Balaban J connectivity index is 2.16. The topological polar surface area (TPSA) is 31.2 Å². The van der Waals surface area contributed by atoms with E-state index in [0.717, 1.165) is 24.6 Å². The van der Waals surface area contributed by atoms with Crippen LogP contribution in [0.2, 0.25) is 0 Å². The summed E-state index contributed by atoms with van der Waals surface area (Å²) < 4.78 is 34.1. The number of allylic oxidation sites excluding steroid dienone is 2. The van der Waals surface area contributed by atoms with Gasteiger partial charge in [0, 0.05) is 29.9 Å². The van der Waals surface area contributed by atoms with Gasteiger partial charge >= 0.3 is 0 Å². The van der Waals surface area contributed by atoms with Gasteiger partial charge in [-0.05, 0) is 47.8 Å². The Kier molecular flexibility index (Phi) is 6.93. The van der Waals surface area contributed by atoms with E-state index in [4.69, 9.17) is 4.74 Å². The van der Waals surface area contributed by atoms with Crippen molar-refractivity contribution in [2.24, 2.45) is 0 Å². The van der Waals surface area contributed by atoms with Crippen LogP contribution < -0.4 is 10.3 Å². The van der Waals surface area contributed by atoms with Crippen LogP contribution >= 0.6 is 15.9 Å². The maximum Gasteiger partial charge on any atom is 0.268 e. The molecule has 6 heteroatoms. The third-order valence-electron chi connectivity index (χ3n) is 3.74. The van der Waals surface area contributed by atoms with Crippen molar-refractivity contribution in [2.45, 2.75) is 39.8 Å². The van der Waals surface area contributed by atoms with E-state index in [1.165, 1.54) is 12.1 Å². The summed E-state index contributed by atoms with van der Waals surface area (Å²) in [5, 5.41) is 0. The van der Waals surface area contributed by atoms with Gasteiger partial charge in [0.25, 0.3) is 5.56 Å². The fraction of sp³-hybridized carbons (Fsp3) is 0.316. The molecule has 1 heterocycles. The van der Waals surface area contributed by atoms with Crippen molar-refractivity contribution in [3.63, 3.8) is 0 Å². The van der Waals surface area contributed by atoms with Crippen molar-refractivity contribution in [1.82, 2.24) is 4.57 Å². The van der Waals surface area contributed by atoms with Crippen molar-refractivity contribution in [2.75, 3.05) is 0 Å². The summed E-state index contributed by atoms with van der Waals surface area (Å²) in [5.41, 5.74) is 0.784. The molecule has 0 bridgehead atoms. The van der Waals surface area contributed by atoms with Gasteiger partial charge in [-0.3, -0.25) is 4.79 Å². The van der Waals surface area contributed by atoms with Gasteiger partial charge in [0.2, 0.25) is 0 Å². The molecule has 2 aromatic rings. The third kappa shape index (κ3) is 5.01. The first-order valence-corrected chi connectivity index (χ1v) is 8.85. The summed E-state index contributed by atoms with van der Waals surface area (Å²) in [7, 11) is 0. The van der Waals surface area contributed by atoms with E-state index >= 15 is 0 Å². The SMILES string of the molecule is CC/C=C\CCn1c(C)cc(OCc2ccc(F)cc2F)c(Br)c1=O. The van der Waals surface area contributed by atoms with Gasteiger partial charge < -0.3 is 9.30 Å². The van der Waals surface area contributed by atoms with E-state index in [0.29, 0.717) is 16.8 Å². The van der Waals surface area contributed by atoms with Crippen LogP contribution in [0.25, 0.3) is 0 Å². The maximum atomic E-state index is 13.7. The van der Waals surface area contributed by atoms with Crippen LogP contribution in [0, 0.1) is 18.6 Å². The molecule has 1 aromatic carbocycles. The largest absolute Gasteiger partial charge is 0.487 e. The summed E-state index contributed by atoms with van der Waals surface area (Å²) in [4.78, 5) is 12.5. The van der Waals surface area contributed by atoms with Crippen molar-refractivity contribution in [1.29, 1.82) is 0 Å². The molecule has 0 saturated carbocycles. The first-order chi connectivity index (χ1) is 11.9. The number of halogens is 3. The fourth-order valence-electron chi connectivity index (χ4n) is 2.38. The summed E-state index contributed by atoms with van der Waals surface area (Å²) in [5.74, 6) is -0.978. The molecule has 2 rings (SSSR count). The highest BCUT2D eigenvalue weighted by Crippen LogP contribution is 2.24. The summed E-state index contributed by atoms with van der Waals surface area (Å²) in [6.07, 6.45) is 5.83. The average molecular weight is 412 g/mol.